The molecule has 2 rings (SSSR count). The quantitative estimate of drug-likeness (QED) is 0.829. The summed E-state index contributed by atoms with van der Waals surface area (Å²) in [5.41, 5.74) is 2.57. The van der Waals surface area contributed by atoms with E-state index in [9.17, 15) is 0 Å². The molecule has 1 aromatic carbocycles. The maximum absolute atomic E-state index is 6.25. The number of hydrogen-bond donors (Lipinski definition) is 1. The van der Waals surface area contributed by atoms with Crippen LogP contribution in [0.1, 0.15) is 36.9 Å². The van der Waals surface area contributed by atoms with Crippen molar-refractivity contribution >= 4 is 23.2 Å². The van der Waals surface area contributed by atoms with Crippen LogP contribution in [0, 0.1) is 0 Å². The van der Waals surface area contributed by atoms with E-state index in [-0.39, 0.29) is 0 Å². The molecule has 0 aliphatic carbocycles. The number of hydrogen-bond acceptors (Lipinski definition) is 1. The minimum Gasteiger partial charge on any atom is -0.310 e. The fraction of sp³-hybridized carbons (Fsp3) is 0.500. The fourth-order valence-corrected chi connectivity index (χ4v) is 2.92. The van der Waals surface area contributed by atoms with Gasteiger partial charge in [0.25, 0.3) is 0 Å². The van der Waals surface area contributed by atoms with E-state index in [2.05, 4.69) is 12.2 Å². The molecule has 1 aliphatic rings. The van der Waals surface area contributed by atoms with Crippen LogP contribution in [-0.2, 0) is 6.42 Å². The molecule has 0 saturated carbocycles. The van der Waals surface area contributed by atoms with Gasteiger partial charge in [-0.1, -0.05) is 36.5 Å². The van der Waals surface area contributed by atoms with Crippen LogP contribution < -0.4 is 5.32 Å². The molecule has 82 valence electrons. The molecule has 1 heterocycles. The lowest BCUT2D eigenvalue weighted by atomic mass is 9.92. The van der Waals surface area contributed by atoms with Crippen molar-refractivity contribution in [2.75, 3.05) is 6.54 Å². The summed E-state index contributed by atoms with van der Waals surface area (Å²) in [7, 11) is 0. The molecule has 1 nitrogen and oxygen atoms in total. The van der Waals surface area contributed by atoms with Gasteiger partial charge in [-0.3, -0.25) is 0 Å². The summed E-state index contributed by atoms with van der Waals surface area (Å²) in [6, 6.07) is 4.30. The Balaban J connectivity index is 2.41. The topological polar surface area (TPSA) is 12.0 Å². The largest absolute Gasteiger partial charge is 0.310 e. The molecule has 1 aliphatic heterocycles. The van der Waals surface area contributed by atoms with E-state index in [1.807, 2.05) is 12.1 Å². The lowest BCUT2D eigenvalue weighted by molar-refractivity contribution is 0.471. The van der Waals surface area contributed by atoms with E-state index in [4.69, 9.17) is 23.2 Å². The number of rotatable bonds is 2. The normalized spacial score (nSPS) is 20.1. The summed E-state index contributed by atoms with van der Waals surface area (Å²) in [6.07, 6.45) is 3.32. The lowest BCUT2D eigenvalue weighted by Gasteiger charge is -2.28. The van der Waals surface area contributed by atoms with Gasteiger partial charge in [-0.15, -0.1) is 0 Å². The van der Waals surface area contributed by atoms with Gasteiger partial charge >= 0.3 is 0 Å². The lowest BCUT2D eigenvalue weighted by Crippen LogP contribution is -2.30. The van der Waals surface area contributed by atoms with E-state index in [1.165, 1.54) is 11.1 Å². The molecule has 0 fully saturated rings. The van der Waals surface area contributed by atoms with Crippen molar-refractivity contribution < 1.29 is 0 Å². The fourth-order valence-electron chi connectivity index (χ4n) is 2.25. The molecule has 0 amide bonds. The first-order valence-corrected chi connectivity index (χ1v) is 6.19. The van der Waals surface area contributed by atoms with Crippen LogP contribution in [0.2, 0.25) is 10.0 Å². The Hall–Kier alpha value is -0.240. The predicted molar refractivity (Wildman–Crippen MR) is 65.8 cm³/mol. The maximum Gasteiger partial charge on any atom is 0.0471 e. The van der Waals surface area contributed by atoms with Gasteiger partial charge in [0, 0.05) is 16.1 Å². The van der Waals surface area contributed by atoms with Gasteiger partial charge in [0.15, 0.2) is 0 Å². The van der Waals surface area contributed by atoms with E-state index >= 15 is 0 Å². The molecule has 1 atom stereocenters. The second-order valence-corrected chi connectivity index (χ2v) is 4.85. The number of nitrogens with one attached hydrogen (secondary N) is 1. The highest BCUT2D eigenvalue weighted by Crippen LogP contribution is 2.34. The second-order valence-electron chi connectivity index (χ2n) is 4.01. The summed E-state index contributed by atoms with van der Waals surface area (Å²) in [6.45, 7) is 3.22. The van der Waals surface area contributed by atoms with Crippen LogP contribution in [0.5, 0.6) is 0 Å². The Kier molecular flexibility index (Phi) is 3.55. The highest BCUT2D eigenvalue weighted by atomic mass is 35.5. The third-order valence-electron chi connectivity index (χ3n) is 2.89. The summed E-state index contributed by atoms with van der Waals surface area (Å²) < 4.78 is 0. The van der Waals surface area contributed by atoms with E-state index in [0.29, 0.717) is 6.04 Å². The Labute approximate surface area is 101 Å². The number of halogens is 2. The zero-order valence-corrected chi connectivity index (χ0v) is 10.3. The Bertz CT molecular complexity index is 363. The zero-order chi connectivity index (χ0) is 10.8. The molecule has 0 spiro atoms. The summed E-state index contributed by atoms with van der Waals surface area (Å²) in [5.74, 6) is 0. The SMILES string of the molecule is CCCC1NCCc2cc(Cl)cc(Cl)c21. The molecule has 0 saturated heterocycles. The Morgan fingerprint density at radius 1 is 1.40 bits per heavy atom. The van der Waals surface area contributed by atoms with Gasteiger partial charge in [0.1, 0.15) is 0 Å². The van der Waals surface area contributed by atoms with Crippen molar-refractivity contribution in [3.63, 3.8) is 0 Å². The summed E-state index contributed by atoms with van der Waals surface area (Å²) in [5, 5.41) is 5.06. The van der Waals surface area contributed by atoms with Gasteiger partial charge in [0.2, 0.25) is 0 Å². The molecular weight excluding hydrogens is 229 g/mol. The highest BCUT2D eigenvalue weighted by molar-refractivity contribution is 6.35. The molecule has 0 bridgehead atoms. The molecular formula is C12H15Cl2N. The Morgan fingerprint density at radius 2 is 2.20 bits per heavy atom. The monoisotopic (exact) mass is 243 g/mol. The van der Waals surface area contributed by atoms with E-state index in [0.717, 1.165) is 35.9 Å². The van der Waals surface area contributed by atoms with E-state index in [1.54, 1.807) is 0 Å². The molecule has 3 heteroatoms. The smallest absolute Gasteiger partial charge is 0.0471 e. The minimum absolute atomic E-state index is 0.406. The minimum atomic E-state index is 0.406. The number of benzene rings is 1. The van der Waals surface area contributed by atoms with E-state index < -0.39 is 0 Å². The molecule has 0 radical (unpaired) electrons. The van der Waals surface area contributed by atoms with Gasteiger partial charge < -0.3 is 5.32 Å². The molecule has 1 N–H and O–H groups in total. The summed E-state index contributed by atoms with van der Waals surface area (Å²) >= 11 is 12.3. The average Bonchev–Trinajstić information content (AvgIpc) is 2.17. The summed E-state index contributed by atoms with van der Waals surface area (Å²) in [4.78, 5) is 0. The van der Waals surface area contributed by atoms with Crippen molar-refractivity contribution in [2.45, 2.75) is 32.2 Å². The second kappa shape index (κ2) is 4.73. The van der Waals surface area contributed by atoms with Crippen molar-refractivity contribution in [1.29, 1.82) is 0 Å². The van der Waals surface area contributed by atoms with Gasteiger partial charge in [0.05, 0.1) is 0 Å². The van der Waals surface area contributed by atoms with Gasteiger partial charge in [-0.05, 0) is 42.6 Å². The molecule has 1 unspecified atom stereocenters. The van der Waals surface area contributed by atoms with Crippen LogP contribution in [0.3, 0.4) is 0 Å². The standard InChI is InChI=1S/C12H15Cl2N/c1-2-3-11-12-8(4-5-15-11)6-9(13)7-10(12)14/h6-7,11,15H,2-5H2,1H3. The molecule has 0 aromatic heterocycles. The van der Waals surface area contributed by atoms with Crippen molar-refractivity contribution in [3.05, 3.63) is 33.3 Å². The van der Waals surface area contributed by atoms with Crippen LogP contribution in [0.25, 0.3) is 0 Å². The van der Waals surface area contributed by atoms with Crippen molar-refractivity contribution in [2.24, 2.45) is 0 Å². The zero-order valence-electron chi connectivity index (χ0n) is 8.82. The maximum atomic E-state index is 6.25. The first-order chi connectivity index (χ1) is 7.22. The van der Waals surface area contributed by atoms with Crippen molar-refractivity contribution in [1.82, 2.24) is 5.32 Å². The molecule has 15 heavy (non-hydrogen) atoms. The van der Waals surface area contributed by atoms with Gasteiger partial charge in [-0.25, -0.2) is 0 Å². The first kappa shape index (κ1) is 11.3. The van der Waals surface area contributed by atoms with Crippen molar-refractivity contribution in [3.8, 4) is 0 Å². The Morgan fingerprint density at radius 3 is 2.93 bits per heavy atom. The van der Waals surface area contributed by atoms with Gasteiger partial charge in [-0.2, -0.15) is 0 Å². The third-order valence-corrected chi connectivity index (χ3v) is 3.42. The number of fused-ring (bicyclic) bond motifs is 1. The molecule has 1 aromatic rings. The van der Waals surface area contributed by atoms with Crippen LogP contribution in [-0.4, -0.2) is 6.54 Å². The predicted octanol–water partition coefficient (Wildman–Crippen LogP) is 3.98. The highest BCUT2D eigenvalue weighted by Gasteiger charge is 2.21. The van der Waals surface area contributed by atoms with Crippen LogP contribution >= 0.6 is 23.2 Å². The van der Waals surface area contributed by atoms with Crippen LogP contribution in [0.15, 0.2) is 12.1 Å². The first-order valence-electron chi connectivity index (χ1n) is 5.43. The third kappa shape index (κ3) is 2.30. The average molecular weight is 244 g/mol. The van der Waals surface area contributed by atoms with Crippen LogP contribution in [0.4, 0.5) is 0 Å².